The molecule has 2 aromatic carbocycles. The number of aromatic nitrogens is 2. The Balaban J connectivity index is 1.60. The van der Waals surface area contributed by atoms with E-state index in [2.05, 4.69) is 36.4 Å². The van der Waals surface area contributed by atoms with Gasteiger partial charge in [0.05, 0.1) is 17.2 Å². The van der Waals surface area contributed by atoms with E-state index in [0.717, 1.165) is 10.0 Å². The highest BCUT2D eigenvalue weighted by Gasteiger charge is 2.07. The fourth-order valence-electron chi connectivity index (χ4n) is 2.28. The molecule has 0 spiro atoms. The van der Waals surface area contributed by atoms with Crippen LogP contribution in [-0.2, 0) is 11.2 Å². The molecule has 1 heterocycles. The molecule has 0 unspecified atom stereocenters. The monoisotopic (exact) mass is 398 g/mol. The average molecular weight is 399 g/mol. The van der Waals surface area contributed by atoms with E-state index in [1.807, 2.05) is 42.5 Å². The van der Waals surface area contributed by atoms with Crippen molar-refractivity contribution >= 4 is 39.1 Å². The van der Waals surface area contributed by atoms with E-state index in [1.165, 1.54) is 0 Å². The molecule has 1 amide bonds. The Kier molecular flexibility index (Phi) is 5.35. The highest BCUT2D eigenvalue weighted by molar-refractivity contribution is 9.10. The number of nitrogens with zero attached hydrogens (tertiary/aromatic N) is 2. The molecule has 7 heteroatoms. The predicted molar refractivity (Wildman–Crippen MR) is 101 cm³/mol. The summed E-state index contributed by atoms with van der Waals surface area (Å²) in [6.45, 7) is 0. The van der Waals surface area contributed by atoms with Crippen LogP contribution in [0.25, 0.3) is 11.0 Å². The van der Waals surface area contributed by atoms with Crippen LogP contribution in [0.5, 0.6) is 0 Å². The molecule has 0 aliphatic carbocycles. The Labute approximate surface area is 152 Å². The van der Waals surface area contributed by atoms with Crippen LogP contribution in [0.3, 0.4) is 0 Å². The summed E-state index contributed by atoms with van der Waals surface area (Å²) < 4.78 is 0.889. The third-order valence-electron chi connectivity index (χ3n) is 3.56. The molecule has 0 bridgehead atoms. The van der Waals surface area contributed by atoms with E-state index >= 15 is 0 Å². The first-order valence-corrected chi connectivity index (χ1v) is 8.47. The number of amides is 1. The smallest absolute Gasteiger partial charge is 0.270 e. The van der Waals surface area contributed by atoms with Crippen molar-refractivity contribution in [2.75, 3.05) is 0 Å². The maximum atomic E-state index is 12.0. The fourth-order valence-corrected chi connectivity index (χ4v) is 2.67. The van der Waals surface area contributed by atoms with Gasteiger partial charge in [0, 0.05) is 22.9 Å². The van der Waals surface area contributed by atoms with Crippen molar-refractivity contribution in [2.45, 2.75) is 12.8 Å². The van der Waals surface area contributed by atoms with Crippen LogP contribution >= 0.6 is 15.9 Å². The van der Waals surface area contributed by atoms with Gasteiger partial charge in [-0.05, 0) is 18.2 Å². The molecule has 126 valence electrons. The second-order valence-corrected chi connectivity index (χ2v) is 6.20. The Bertz CT molecular complexity index is 998. The van der Waals surface area contributed by atoms with Gasteiger partial charge in [0.1, 0.15) is 5.69 Å². The maximum Gasteiger partial charge on any atom is 0.270 e. The number of nitrogens with one attached hydrogen (secondary N) is 2. The minimum absolute atomic E-state index is 0.127. The van der Waals surface area contributed by atoms with E-state index < -0.39 is 0 Å². The predicted octanol–water partition coefficient (Wildman–Crippen LogP) is 2.77. The number of benzene rings is 2. The van der Waals surface area contributed by atoms with E-state index in [0.29, 0.717) is 16.7 Å². The summed E-state index contributed by atoms with van der Waals surface area (Å²) in [6.07, 6.45) is 1.93. The molecular weight excluding hydrogens is 384 g/mol. The number of halogens is 1. The summed E-state index contributed by atoms with van der Waals surface area (Å²) in [7, 11) is 0. The lowest BCUT2D eigenvalue weighted by Gasteiger charge is -2.02. The molecule has 0 radical (unpaired) electrons. The van der Waals surface area contributed by atoms with Gasteiger partial charge >= 0.3 is 0 Å². The summed E-state index contributed by atoms with van der Waals surface area (Å²) in [5.74, 6) is -0.280. The van der Waals surface area contributed by atoms with Crippen molar-refractivity contribution in [3.8, 4) is 0 Å². The van der Waals surface area contributed by atoms with Crippen LogP contribution < -0.4 is 11.0 Å². The lowest BCUT2D eigenvalue weighted by Crippen LogP contribution is -2.21. The van der Waals surface area contributed by atoms with Crippen LogP contribution in [-0.4, -0.2) is 22.1 Å². The van der Waals surface area contributed by atoms with Crippen molar-refractivity contribution in [2.24, 2.45) is 5.10 Å². The molecule has 3 rings (SSSR count). The molecule has 2 N–H and O–H groups in total. The standard InChI is InChI=1S/C18H15BrN4O2/c19-13-6-2-1-5-12(13)11-20-23-17(24)10-9-16-18(25)22-15-8-4-3-7-14(15)21-16/h1-8,11H,9-10H2,(H,22,25)(H,23,24)/b20-11+. The van der Waals surface area contributed by atoms with Gasteiger partial charge in [-0.25, -0.2) is 10.4 Å². The quantitative estimate of drug-likeness (QED) is 0.511. The van der Waals surface area contributed by atoms with E-state index in [4.69, 9.17) is 0 Å². The van der Waals surface area contributed by atoms with E-state index in [-0.39, 0.29) is 24.3 Å². The first-order chi connectivity index (χ1) is 12.1. The summed E-state index contributed by atoms with van der Waals surface area (Å²) in [6, 6.07) is 14.8. The third-order valence-corrected chi connectivity index (χ3v) is 4.28. The Morgan fingerprint density at radius 3 is 2.80 bits per heavy atom. The number of carbonyl (C=O) groups is 1. The molecule has 3 aromatic rings. The molecule has 1 aromatic heterocycles. The van der Waals surface area contributed by atoms with Gasteiger partial charge in [-0.3, -0.25) is 9.59 Å². The molecule has 0 aliphatic rings. The number of carbonyl (C=O) groups excluding carboxylic acids is 1. The zero-order valence-corrected chi connectivity index (χ0v) is 14.8. The van der Waals surface area contributed by atoms with Gasteiger partial charge in [-0.15, -0.1) is 0 Å². The molecule has 6 nitrogen and oxygen atoms in total. The SMILES string of the molecule is O=C(CCc1nc2ccccc2[nH]c1=O)N/N=C/c1ccccc1Br. The molecule has 0 fully saturated rings. The van der Waals surface area contributed by atoms with Crippen molar-refractivity contribution < 1.29 is 4.79 Å². The van der Waals surface area contributed by atoms with Gasteiger partial charge in [0.2, 0.25) is 5.91 Å². The Morgan fingerprint density at radius 2 is 1.96 bits per heavy atom. The number of aromatic amines is 1. The number of para-hydroxylation sites is 2. The first kappa shape index (κ1) is 17.0. The summed E-state index contributed by atoms with van der Waals surface area (Å²) in [5, 5.41) is 3.93. The number of hydrogen-bond acceptors (Lipinski definition) is 4. The van der Waals surface area contributed by atoms with Gasteiger partial charge < -0.3 is 4.98 Å². The minimum atomic E-state index is -0.280. The lowest BCUT2D eigenvalue weighted by atomic mass is 10.2. The Morgan fingerprint density at radius 1 is 1.20 bits per heavy atom. The van der Waals surface area contributed by atoms with Gasteiger partial charge in [0.25, 0.3) is 5.56 Å². The Hall–Kier alpha value is -2.80. The molecule has 25 heavy (non-hydrogen) atoms. The zero-order valence-electron chi connectivity index (χ0n) is 13.2. The summed E-state index contributed by atoms with van der Waals surface area (Å²) in [5.41, 5.74) is 4.75. The number of H-pyrrole nitrogens is 1. The molecule has 0 atom stereocenters. The topological polar surface area (TPSA) is 87.2 Å². The van der Waals surface area contributed by atoms with Crippen LogP contribution in [0.15, 0.2) is 62.9 Å². The fraction of sp³-hybridized carbons (Fsp3) is 0.111. The first-order valence-electron chi connectivity index (χ1n) is 7.68. The molecule has 0 saturated heterocycles. The number of rotatable bonds is 5. The van der Waals surface area contributed by atoms with Crippen molar-refractivity contribution in [1.82, 2.24) is 15.4 Å². The van der Waals surface area contributed by atoms with E-state index in [1.54, 1.807) is 12.3 Å². The van der Waals surface area contributed by atoms with Crippen molar-refractivity contribution in [3.63, 3.8) is 0 Å². The van der Waals surface area contributed by atoms with Gasteiger partial charge in [-0.2, -0.15) is 5.10 Å². The van der Waals surface area contributed by atoms with E-state index in [9.17, 15) is 9.59 Å². The summed E-state index contributed by atoms with van der Waals surface area (Å²) in [4.78, 5) is 31.0. The minimum Gasteiger partial charge on any atom is -0.319 e. The molecule has 0 saturated carbocycles. The summed E-state index contributed by atoms with van der Waals surface area (Å²) >= 11 is 3.40. The maximum absolute atomic E-state index is 12.0. The van der Waals surface area contributed by atoms with Crippen LogP contribution in [0.1, 0.15) is 17.7 Å². The number of aryl methyl sites for hydroxylation is 1. The highest BCUT2D eigenvalue weighted by Crippen LogP contribution is 2.13. The zero-order chi connectivity index (χ0) is 17.6. The van der Waals surface area contributed by atoms with Crippen LogP contribution in [0, 0.1) is 0 Å². The third kappa shape index (κ3) is 4.39. The van der Waals surface area contributed by atoms with Gasteiger partial charge in [0.15, 0.2) is 0 Å². The van der Waals surface area contributed by atoms with Crippen molar-refractivity contribution in [3.05, 3.63) is 74.6 Å². The lowest BCUT2D eigenvalue weighted by molar-refractivity contribution is -0.121. The number of fused-ring (bicyclic) bond motifs is 1. The molecule has 0 aliphatic heterocycles. The van der Waals surface area contributed by atoms with Crippen molar-refractivity contribution in [1.29, 1.82) is 0 Å². The van der Waals surface area contributed by atoms with Crippen LogP contribution in [0.4, 0.5) is 0 Å². The number of hydrogen-bond donors (Lipinski definition) is 2. The molecular formula is C18H15BrN4O2. The second kappa shape index (κ2) is 7.85. The largest absolute Gasteiger partial charge is 0.319 e. The van der Waals surface area contributed by atoms with Gasteiger partial charge in [-0.1, -0.05) is 46.3 Å². The number of hydrazone groups is 1. The average Bonchev–Trinajstić information content (AvgIpc) is 2.61. The second-order valence-electron chi connectivity index (χ2n) is 5.34. The normalized spacial score (nSPS) is 11.1. The highest BCUT2D eigenvalue weighted by atomic mass is 79.9. The van der Waals surface area contributed by atoms with Crippen LogP contribution in [0.2, 0.25) is 0 Å².